The van der Waals surface area contributed by atoms with Gasteiger partial charge < -0.3 is 0 Å². The van der Waals surface area contributed by atoms with Gasteiger partial charge in [0.05, 0.1) is 0 Å². The van der Waals surface area contributed by atoms with Crippen molar-refractivity contribution in [2.45, 2.75) is 89.5 Å². The van der Waals surface area contributed by atoms with Crippen LogP contribution >= 0.6 is 0 Å². The molecular weight excluding hydrogens is 206 g/mol. The Morgan fingerprint density at radius 2 is 1.41 bits per heavy atom. The van der Waals surface area contributed by atoms with E-state index in [-0.39, 0.29) is 0 Å². The molecule has 0 unspecified atom stereocenters. The van der Waals surface area contributed by atoms with Crippen LogP contribution in [0.15, 0.2) is 0 Å². The van der Waals surface area contributed by atoms with Crippen LogP contribution in [0.4, 0.5) is 0 Å². The normalized spacial score (nSPS) is 26.6. The zero-order valence-electron chi connectivity index (χ0n) is 11.8. The standard InChI is InChI=1S/C16H31N/c1-2-3-11-16(17-14-9-10-15-17)12-7-5-4-6-8-13-16/h2-15H2,1H3. The molecule has 0 N–H and O–H groups in total. The van der Waals surface area contributed by atoms with Crippen molar-refractivity contribution in [3.63, 3.8) is 0 Å². The van der Waals surface area contributed by atoms with E-state index >= 15 is 0 Å². The van der Waals surface area contributed by atoms with Gasteiger partial charge >= 0.3 is 0 Å². The number of unbranched alkanes of at least 4 members (excludes halogenated alkanes) is 1. The molecule has 0 bridgehead atoms. The molecule has 2 fully saturated rings. The average molecular weight is 237 g/mol. The van der Waals surface area contributed by atoms with E-state index in [0.29, 0.717) is 5.54 Å². The second-order valence-electron chi connectivity index (χ2n) is 6.29. The van der Waals surface area contributed by atoms with Gasteiger partial charge in [-0.1, -0.05) is 51.9 Å². The summed E-state index contributed by atoms with van der Waals surface area (Å²) in [7, 11) is 0. The Morgan fingerprint density at radius 3 is 2.00 bits per heavy atom. The Balaban J connectivity index is 2.02. The lowest BCUT2D eigenvalue weighted by atomic mass is 9.79. The van der Waals surface area contributed by atoms with Gasteiger partial charge in [-0.2, -0.15) is 0 Å². The number of hydrogen-bond acceptors (Lipinski definition) is 1. The second-order valence-corrected chi connectivity index (χ2v) is 6.29. The van der Waals surface area contributed by atoms with Crippen molar-refractivity contribution in [3.05, 3.63) is 0 Å². The average Bonchev–Trinajstić information content (AvgIpc) is 2.82. The van der Waals surface area contributed by atoms with E-state index in [1.165, 1.54) is 90.1 Å². The van der Waals surface area contributed by atoms with Gasteiger partial charge in [0.25, 0.3) is 0 Å². The fraction of sp³-hybridized carbons (Fsp3) is 1.00. The molecule has 2 rings (SSSR count). The van der Waals surface area contributed by atoms with E-state index < -0.39 is 0 Å². The lowest BCUT2D eigenvalue weighted by molar-refractivity contribution is 0.0725. The van der Waals surface area contributed by atoms with Crippen LogP contribution in [0.5, 0.6) is 0 Å². The molecule has 2 aliphatic rings. The zero-order valence-corrected chi connectivity index (χ0v) is 11.8. The van der Waals surface area contributed by atoms with Gasteiger partial charge in [0.1, 0.15) is 0 Å². The molecule has 17 heavy (non-hydrogen) atoms. The fourth-order valence-corrected chi connectivity index (χ4v) is 3.99. The summed E-state index contributed by atoms with van der Waals surface area (Å²) in [5, 5.41) is 0. The minimum absolute atomic E-state index is 0.618. The van der Waals surface area contributed by atoms with Crippen molar-refractivity contribution >= 4 is 0 Å². The van der Waals surface area contributed by atoms with Crippen molar-refractivity contribution < 1.29 is 0 Å². The summed E-state index contributed by atoms with van der Waals surface area (Å²) in [6, 6.07) is 0. The van der Waals surface area contributed by atoms with Crippen LogP contribution in [0.2, 0.25) is 0 Å². The second kappa shape index (κ2) is 6.78. The Hall–Kier alpha value is -0.0400. The van der Waals surface area contributed by atoms with E-state index in [1.54, 1.807) is 0 Å². The SMILES string of the molecule is CCCCC1(N2CCCC2)CCCCCCC1. The Labute approximate surface area is 108 Å². The first-order chi connectivity index (χ1) is 8.37. The molecule has 0 aromatic carbocycles. The first-order valence-electron chi connectivity index (χ1n) is 8.12. The van der Waals surface area contributed by atoms with E-state index in [9.17, 15) is 0 Å². The quantitative estimate of drug-likeness (QED) is 0.681. The third kappa shape index (κ3) is 3.47. The molecule has 1 heterocycles. The molecule has 0 radical (unpaired) electrons. The zero-order chi connectivity index (χ0) is 12.0. The maximum Gasteiger partial charge on any atom is 0.0209 e. The molecule has 0 amide bonds. The first kappa shape index (κ1) is 13.4. The van der Waals surface area contributed by atoms with Gasteiger partial charge in [-0.15, -0.1) is 0 Å². The van der Waals surface area contributed by atoms with Crippen LogP contribution in [0.1, 0.15) is 84.0 Å². The van der Waals surface area contributed by atoms with Crippen LogP contribution in [0, 0.1) is 0 Å². The van der Waals surface area contributed by atoms with Gasteiger partial charge in [0.15, 0.2) is 0 Å². The van der Waals surface area contributed by atoms with Crippen LogP contribution in [-0.4, -0.2) is 23.5 Å². The summed E-state index contributed by atoms with van der Waals surface area (Å²) in [5.41, 5.74) is 0.618. The smallest absolute Gasteiger partial charge is 0.0209 e. The first-order valence-corrected chi connectivity index (χ1v) is 8.12. The van der Waals surface area contributed by atoms with Crippen molar-refractivity contribution in [3.8, 4) is 0 Å². The number of likely N-dealkylation sites (tertiary alicyclic amines) is 1. The van der Waals surface area contributed by atoms with Crippen LogP contribution < -0.4 is 0 Å². The molecule has 1 saturated heterocycles. The Morgan fingerprint density at radius 1 is 0.824 bits per heavy atom. The molecule has 1 saturated carbocycles. The Bertz CT molecular complexity index is 192. The molecule has 100 valence electrons. The lowest BCUT2D eigenvalue weighted by Crippen LogP contribution is -2.47. The van der Waals surface area contributed by atoms with Gasteiger partial charge in [0, 0.05) is 5.54 Å². The van der Waals surface area contributed by atoms with E-state index in [0.717, 1.165) is 0 Å². The van der Waals surface area contributed by atoms with Crippen molar-refractivity contribution in [2.75, 3.05) is 13.1 Å². The largest absolute Gasteiger partial charge is 0.298 e. The van der Waals surface area contributed by atoms with Crippen molar-refractivity contribution in [2.24, 2.45) is 0 Å². The lowest BCUT2D eigenvalue weighted by Gasteiger charge is -2.44. The highest BCUT2D eigenvalue weighted by atomic mass is 15.2. The van der Waals surface area contributed by atoms with Gasteiger partial charge in [-0.25, -0.2) is 0 Å². The summed E-state index contributed by atoms with van der Waals surface area (Å²) in [6.45, 7) is 5.13. The molecular formula is C16H31N. The molecule has 0 atom stereocenters. The third-order valence-corrected chi connectivity index (χ3v) is 5.06. The molecule has 1 aliphatic heterocycles. The Kier molecular flexibility index (Phi) is 5.34. The van der Waals surface area contributed by atoms with E-state index in [1.807, 2.05) is 0 Å². The number of rotatable bonds is 4. The van der Waals surface area contributed by atoms with Crippen LogP contribution in [-0.2, 0) is 0 Å². The summed E-state index contributed by atoms with van der Waals surface area (Å²) in [5.74, 6) is 0. The predicted molar refractivity (Wildman–Crippen MR) is 75.4 cm³/mol. The van der Waals surface area contributed by atoms with Crippen molar-refractivity contribution in [1.82, 2.24) is 4.90 Å². The van der Waals surface area contributed by atoms with Gasteiger partial charge in [-0.3, -0.25) is 4.90 Å². The topological polar surface area (TPSA) is 3.24 Å². The minimum atomic E-state index is 0.618. The summed E-state index contributed by atoms with van der Waals surface area (Å²) in [4.78, 5) is 2.88. The summed E-state index contributed by atoms with van der Waals surface area (Å²) < 4.78 is 0. The maximum atomic E-state index is 2.88. The monoisotopic (exact) mass is 237 g/mol. The fourth-order valence-electron chi connectivity index (χ4n) is 3.99. The van der Waals surface area contributed by atoms with Gasteiger partial charge in [0.2, 0.25) is 0 Å². The number of hydrogen-bond donors (Lipinski definition) is 0. The van der Waals surface area contributed by atoms with Crippen LogP contribution in [0.25, 0.3) is 0 Å². The molecule has 1 aliphatic carbocycles. The minimum Gasteiger partial charge on any atom is -0.298 e. The third-order valence-electron chi connectivity index (χ3n) is 5.06. The van der Waals surface area contributed by atoms with Gasteiger partial charge in [-0.05, 0) is 45.2 Å². The van der Waals surface area contributed by atoms with E-state index in [4.69, 9.17) is 0 Å². The summed E-state index contributed by atoms with van der Waals surface area (Å²) in [6.07, 6.45) is 17.6. The maximum absolute atomic E-state index is 2.88. The molecule has 1 nitrogen and oxygen atoms in total. The predicted octanol–water partition coefficient (Wildman–Crippen LogP) is 4.76. The van der Waals surface area contributed by atoms with Crippen LogP contribution in [0.3, 0.4) is 0 Å². The molecule has 0 spiro atoms. The van der Waals surface area contributed by atoms with Crippen molar-refractivity contribution in [1.29, 1.82) is 0 Å². The highest BCUT2D eigenvalue weighted by molar-refractivity contribution is 4.93. The molecule has 0 aromatic heterocycles. The number of nitrogens with zero attached hydrogens (tertiary/aromatic N) is 1. The highest BCUT2D eigenvalue weighted by Crippen LogP contribution is 2.38. The molecule has 1 heteroatoms. The van der Waals surface area contributed by atoms with E-state index in [2.05, 4.69) is 11.8 Å². The highest BCUT2D eigenvalue weighted by Gasteiger charge is 2.36. The summed E-state index contributed by atoms with van der Waals surface area (Å²) >= 11 is 0. The molecule has 0 aromatic rings.